The minimum absolute atomic E-state index is 0.0646. The summed E-state index contributed by atoms with van der Waals surface area (Å²) in [7, 11) is 1.60. The van der Waals surface area contributed by atoms with E-state index in [1.165, 1.54) is 17.4 Å². The SMILES string of the molecule is CCc1cnc(C(C)Sc2cnc(NC(=O)/C=C/c3ccccc3OC)s2)o1. The first-order valence-corrected chi connectivity index (χ1v) is 10.5. The zero-order valence-corrected chi connectivity index (χ0v) is 17.5. The predicted octanol–water partition coefficient (Wildman–Crippen LogP) is 5.21. The third-order valence-electron chi connectivity index (χ3n) is 3.83. The van der Waals surface area contributed by atoms with Gasteiger partial charge in [-0.3, -0.25) is 10.1 Å². The van der Waals surface area contributed by atoms with Crippen molar-refractivity contribution in [1.29, 1.82) is 0 Å². The van der Waals surface area contributed by atoms with Gasteiger partial charge in [-0.2, -0.15) is 0 Å². The van der Waals surface area contributed by atoms with Crippen LogP contribution in [0, 0.1) is 0 Å². The fraction of sp³-hybridized carbons (Fsp3) is 0.250. The van der Waals surface area contributed by atoms with Crippen molar-refractivity contribution < 1.29 is 13.9 Å². The Bertz CT molecular complexity index is 965. The summed E-state index contributed by atoms with van der Waals surface area (Å²) in [4.78, 5) is 20.8. The first-order valence-electron chi connectivity index (χ1n) is 8.78. The van der Waals surface area contributed by atoms with Crippen LogP contribution in [0.5, 0.6) is 5.75 Å². The third-order valence-corrected chi connectivity index (χ3v) is 5.97. The molecular formula is C20H21N3O3S2. The smallest absolute Gasteiger partial charge is 0.250 e. The molecule has 146 valence electrons. The highest BCUT2D eigenvalue weighted by Crippen LogP contribution is 2.38. The summed E-state index contributed by atoms with van der Waals surface area (Å²) in [5.74, 6) is 2.04. The monoisotopic (exact) mass is 415 g/mol. The summed E-state index contributed by atoms with van der Waals surface area (Å²) >= 11 is 3.02. The van der Waals surface area contributed by atoms with Crippen molar-refractivity contribution in [1.82, 2.24) is 9.97 Å². The maximum absolute atomic E-state index is 12.2. The molecule has 3 aromatic rings. The second-order valence-electron chi connectivity index (χ2n) is 5.83. The van der Waals surface area contributed by atoms with Crippen LogP contribution < -0.4 is 10.1 Å². The Morgan fingerprint density at radius 1 is 1.36 bits per heavy atom. The number of thioether (sulfide) groups is 1. The molecule has 8 heteroatoms. The maximum atomic E-state index is 12.2. The normalized spacial score (nSPS) is 12.2. The molecule has 1 amide bonds. The van der Waals surface area contributed by atoms with E-state index in [0.29, 0.717) is 16.8 Å². The van der Waals surface area contributed by atoms with Crippen LogP contribution >= 0.6 is 23.1 Å². The van der Waals surface area contributed by atoms with Crippen LogP contribution in [0.1, 0.15) is 36.3 Å². The van der Waals surface area contributed by atoms with E-state index < -0.39 is 0 Å². The highest BCUT2D eigenvalue weighted by Gasteiger charge is 2.15. The van der Waals surface area contributed by atoms with Gasteiger partial charge in [-0.25, -0.2) is 9.97 Å². The van der Waals surface area contributed by atoms with Crippen molar-refractivity contribution in [2.75, 3.05) is 12.4 Å². The molecule has 0 aliphatic heterocycles. The summed E-state index contributed by atoms with van der Waals surface area (Å²) in [6.45, 7) is 4.06. The summed E-state index contributed by atoms with van der Waals surface area (Å²) in [6, 6.07) is 7.51. The molecule has 0 aliphatic rings. The molecule has 2 heterocycles. The molecule has 1 aromatic carbocycles. The molecule has 6 nitrogen and oxygen atoms in total. The largest absolute Gasteiger partial charge is 0.496 e. The van der Waals surface area contributed by atoms with Crippen molar-refractivity contribution in [3.05, 3.63) is 59.9 Å². The maximum Gasteiger partial charge on any atom is 0.250 e. The van der Waals surface area contributed by atoms with Crippen molar-refractivity contribution in [3.8, 4) is 5.75 Å². The van der Waals surface area contributed by atoms with Crippen molar-refractivity contribution in [2.24, 2.45) is 0 Å². The lowest BCUT2D eigenvalue weighted by Gasteiger charge is -2.04. The molecular weight excluding hydrogens is 394 g/mol. The van der Waals surface area contributed by atoms with E-state index >= 15 is 0 Å². The van der Waals surface area contributed by atoms with E-state index in [1.807, 2.05) is 38.1 Å². The van der Waals surface area contributed by atoms with Crippen molar-refractivity contribution in [2.45, 2.75) is 29.7 Å². The number of benzene rings is 1. The van der Waals surface area contributed by atoms with Crippen LogP contribution in [0.15, 0.2) is 51.4 Å². The molecule has 1 N–H and O–H groups in total. The minimum atomic E-state index is -0.245. The molecule has 0 fully saturated rings. The Balaban J connectivity index is 1.57. The number of amides is 1. The number of thiazole rings is 1. The van der Waals surface area contributed by atoms with Crippen molar-refractivity contribution in [3.63, 3.8) is 0 Å². The topological polar surface area (TPSA) is 77.2 Å². The Labute approximate surface area is 172 Å². The van der Waals surface area contributed by atoms with Gasteiger partial charge >= 0.3 is 0 Å². The van der Waals surface area contributed by atoms with Crippen LogP contribution in [0.2, 0.25) is 0 Å². The fourth-order valence-electron chi connectivity index (χ4n) is 2.39. The van der Waals surface area contributed by atoms with Crippen LogP contribution in [0.3, 0.4) is 0 Å². The number of methoxy groups -OCH3 is 1. The zero-order valence-electron chi connectivity index (χ0n) is 15.8. The van der Waals surface area contributed by atoms with Gasteiger partial charge < -0.3 is 9.15 Å². The minimum Gasteiger partial charge on any atom is -0.496 e. The third kappa shape index (κ3) is 5.24. The molecule has 0 bridgehead atoms. The first kappa shape index (κ1) is 20.2. The lowest BCUT2D eigenvalue weighted by atomic mass is 10.2. The summed E-state index contributed by atoms with van der Waals surface area (Å²) in [5.41, 5.74) is 0.835. The number of hydrogen-bond acceptors (Lipinski definition) is 7. The average Bonchev–Trinajstić information content (AvgIpc) is 3.36. The molecule has 1 unspecified atom stereocenters. The number of para-hydroxylation sites is 1. The molecule has 3 rings (SSSR count). The Hall–Kier alpha value is -2.58. The number of rotatable bonds is 8. The average molecular weight is 416 g/mol. The number of oxazole rings is 1. The second kappa shape index (κ2) is 9.57. The van der Waals surface area contributed by atoms with Crippen LogP contribution in [-0.2, 0) is 11.2 Å². The zero-order chi connectivity index (χ0) is 19.9. The number of nitrogens with zero attached hydrogens (tertiary/aromatic N) is 2. The van der Waals surface area contributed by atoms with E-state index in [9.17, 15) is 4.79 Å². The Kier molecular flexibility index (Phi) is 6.89. The van der Waals surface area contributed by atoms with Gasteiger partial charge in [0.05, 0.1) is 29.0 Å². The number of ether oxygens (including phenoxy) is 1. The summed E-state index contributed by atoms with van der Waals surface area (Å²) in [6.07, 6.45) is 7.51. The fourth-order valence-corrected chi connectivity index (χ4v) is 4.47. The van der Waals surface area contributed by atoms with Gasteiger partial charge in [0.2, 0.25) is 11.8 Å². The standard InChI is InChI=1S/C20H21N3O3S2/c1-4-15-11-21-19(26-15)13(2)27-18-12-22-20(28-18)23-17(24)10-9-14-7-5-6-8-16(14)25-3/h5-13H,4H2,1-3H3,(H,22,23,24)/b10-9+. The van der Waals surface area contributed by atoms with Gasteiger partial charge in [0.25, 0.3) is 0 Å². The lowest BCUT2D eigenvalue weighted by Crippen LogP contribution is -2.07. The van der Waals surface area contributed by atoms with E-state index in [2.05, 4.69) is 15.3 Å². The molecule has 1 atom stereocenters. The molecule has 0 aliphatic carbocycles. The van der Waals surface area contributed by atoms with Crippen molar-refractivity contribution >= 4 is 40.2 Å². The van der Waals surface area contributed by atoms with Gasteiger partial charge in [-0.15, -0.1) is 11.8 Å². The van der Waals surface area contributed by atoms with Crippen LogP contribution in [0.25, 0.3) is 6.08 Å². The summed E-state index contributed by atoms with van der Waals surface area (Å²) in [5, 5.41) is 3.40. The van der Waals surface area contributed by atoms with E-state index in [0.717, 1.165) is 22.0 Å². The molecule has 0 radical (unpaired) electrons. The van der Waals surface area contributed by atoms with Gasteiger partial charge in [-0.1, -0.05) is 36.5 Å². The highest BCUT2D eigenvalue weighted by atomic mass is 32.2. The summed E-state index contributed by atoms with van der Waals surface area (Å²) < 4.78 is 11.9. The van der Waals surface area contributed by atoms with E-state index in [1.54, 1.807) is 37.3 Å². The number of nitrogens with one attached hydrogen (secondary N) is 1. The Morgan fingerprint density at radius 3 is 2.93 bits per heavy atom. The highest BCUT2D eigenvalue weighted by molar-refractivity contribution is 8.01. The molecule has 0 saturated heterocycles. The number of carbonyl (C=O) groups is 1. The number of aryl methyl sites for hydroxylation is 1. The molecule has 0 saturated carbocycles. The van der Waals surface area contributed by atoms with Crippen LogP contribution in [-0.4, -0.2) is 23.0 Å². The molecule has 0 spiro atoms. The Morgan fingerprint density at radius 2 is 2.18 bits per heavy atom. The molecule has 2 aromatic heterocycles. The van der Waals surface area contributed by atoms with Crippen LogP contribution in [0.4, 0.5) is 5.13 Å². The second-order valence-corrected chi connectivity index (χ2v) is 8.50. The number of hydrogen-bond donors (Lipinski definition) is 1. The number of aromatic nitrogens is 2. The van der Waals surface area contributed by atoms with Gasteiger partial charge in [-0.05, 0) is 19.1 Å². The first-order chi connectivity index (χ1) is 13.6. The van der Waals surface area contributed by atoms with Gasteiger partial charge in [0, 0.05) is 18.1 Å². The molecule has 28 heavy (non-hydrogen) atoms. The van der Waals surface area contributed by atoms with E-state index in [-0.39, 0.29) is 11.2 Å². The predicted molar refractivity (Wildman–Crippen MR) is 113 cm³/mol. The number of anilines is 1. The van der Waals surface area contributed by atoms with E-state index in [4.69, 9.17) is 9.15 Å². The lowest BCUT2D eigenvalue weighted by molar-refractivity contribution is -0.111. The number of carbonyl (C=O) groups excluding carboxylic acids is 1. The van der Waals surface area contributed by atoms with Gasteiger partial charge in [0.1, 0.15) is 11.5 Å². The van der Waals surface area contributed by atoms with Gasteiger partial charge in [0.15, 0.2) is 5.13 Å². The quantitative estimate of drug-likeness (QED) is 0.402.